The lowest BCUT2D eigenvalue weighted by Crippen LogP contribution is -2.21. The van der Waals surface area contributed by atoms with Gasteiger partial charge in [-0.2, -0.15) is 0 Å². The van der Waals surface area contributed by atoms with E-state index in [2.05, 4.69) is 4.74 Å². The number of fused-ring (bicyclic) bond motifs is 3. The Bertz CT molecular complexity index is 1150. The van der Waals surface area contributed by atoms with Gasteiger partial charge in [-0.1, -0.05) is 24.3 Å². The first-order chi connectivity index (χ1) is 13.5. The van der Waals surface area contributed by atoms with Crippen molar-refractivity contribution in [2.45, 2.75) is 6.92 Å². The highest BCUT2D eigenvalue weighted by Crippen LogP contribution is 2.37. The fourth-order valence-electron chi connectivity index (χ4n) is 3.32. The Labute approximate surface area is 160 Å². The monoisotopic (exact) mass is 376 g/mol. The van der Waals surface area contributed by atoms with Crippen LogP contribution in [0.1, 0.15) is 38.8 Å². The zero-order chi connectivity index (χ0) is 19.8. The van der Waals surface area contributed by atoms with Gasteiger partial charge in [0, 0.05) is 22.3 Å². The molecule has 0 aromatic heterocycles. The van der Waals surface area contributed by atoms with Gasteiger partial charge in [-0.25, -0.2) is 4.79 Å². The number of ketones is 2. The summed E-state index contributed by atoms with van der Waals surface area (Å²) in [6.45, 7) is 2.05. The molecule has 4 rings (SSSR count). The van der Waals surface area contributed by atoms with Crippen LogP contribution < -0.4 is 9.47 Å². The van der Waals surface area contributed by atoms with Crippen LogP contribution in [0.15, 0.2) is 48.5 Å². The average molecular weight is 376 g/mol. The van der Waals surface area contributed by atoms with Crippen LogP contribution in [0.4, 0.5) is 4.79 Å². The highest BCUT2D eigenvalue weighted by molar-refractivity contribution is 6.29. The zero-order valence-corrected chi connectivity index (χ0v) is 15.3. The molecule has 0 aliphatic heterocycles. The summed E-state index contributed by atoms with van der Waals surface area (Å²) < 4.78 is 15.1. The topological polar surface area (TPSA) is 78.9 Å². The van der Waals surface area contributed by atoms with Gasteiger partial charge in [0.2, 0.25) is 0 Å². The molecule has 0 atom stereocenters. The van der Waals surface area contributed by atoms with E-state index in [0.717, 1.165) is 10.8 Å². The summed E-state index contributed by atoms with van der Waals surface area (Å²) in [7, 11) is 1.18. The number of hydrogen-bond donors (Lipinski definition) is 0. The molecule has 1 aliphatic carbocycles. The average Bonchev–Trinajstić information content (AvgIpc) is 2.71. The maximum absolute atomic E-state index is 13.1. The Balaban J connectivity index is 1.90. The molecule has 0 fully saturated rings. The van der Waals surface area contributed by atoms with Gasteiger partial charge in [0.25, 0.3) is 0 Å². The zero-order valence-electron chi connectivity index (χ0n) is 15.3. The lowest BCUT2D eigenvalue weighted by Gasteiger charge is -2.20. The summed E-state index contributed by atoms with van der Waals surface area (Å²) in [4.78, 5) is 37.8. The smallest absolute Gasteiger partial charge is 0.490 e. The van der Waals surface area contributed by atoms with Crippen molar-refractivity contribution in [1.29, 1.82) is 0 Å². The number of rotatable bonds is 3. The second kappa shape index (κ2) is 6.81. The van der Waals surface area contributed by atoms with E-state index in [1.807, 2.05) is 24.3 Å². The van der Waals surface area contributed by atoms with E-state index < -0.39 is 6.16 Å². The first kappa shape index (κ1) is 17.7. The molecule has 3 aromatic rings. The van der Waals surface area contributed by atoms with E-state index in [1.165, 1.54) is 19.2 Å². The first-order valence-electron chi connectivity index (χ1n) is 8.72. The molecule has 0 amide bonds. The van der Waals surface area contributed by atoms with Crippen molar-refractivity contribution in [3.8, 4) is 11.5 Å². The van der Waals surface area contributed by atoms with Gasteiger partial charge in [-0.05, 0) is 42.0 Å². The third-order valence-corrected chi connectivity index (χ3v) is 4.61. The number of carbonyl (C=O) groups is 3. The molecule has 0 saturated heterocycles. The van der Waals surface area contributed by atoms with E-state index in [9.17, 15) is 14.4 Å². The van der Waals surface area contributed by atoms with Crippen LogP contribution in [0.2, 0.25) is 0 Å². The van der Waals surface area contributed by atoms with Crippen molar-refractivity contribution in [3.63, 3.8) is 0 Å². The quantitative estimate of drug-likeness (QED) is 0.395. The maximum Gasteiger partial charge on any atom is 0.513 e. The molecule has 0 radical (unpaired) electrons. The number of carbonyl (C=O) groups excluding carboxylic acids is 3. The Morgan fingerprint density at radius 2 is 1.32 bits per heavy atom. The van der Waals surface area contributed by atoms with Gasteiger partial charge < -0.3 is 14.2 Å². The minimum atomic E-state index is -0.943. The summed E-state index contributed by atoms with van der Waals surface area (Å²) in [6.07, 6.45) is -0.943. The van der Waals surface area contributed by atoms with Crippen molar-refractivity contribution in [1.82, 2.24) is 0 Å². The first-order valence-corrected chi connectivity index (χ1v) is 8.72. The molecule has 0 bridgehead atoms. The lowest BCUT2D eigenvalue weighted by atomic mass is 9.82. The molecule has 1 aliphatic rings. The molecular weight excluding hydrogens is 360 g/mol. The summed E-state index contributed by atoms with van der Waals surface area (Å²) in [5, 5.41) is 1.74. The number of ether oxygens (including phenoxy) is 3. The van der Waals surface area contributed by atoms with Crippen molar-refractivity contribution >= 4 is 28.5 Å². The fourth-order valence-corrected chi connectivity index (χ4v) is 3.32. The van der Waals surface area contributed by atoms with E-state index >= 15 is 0 Å². The van der Waals surface area contributed by atoms with Crippen molar-refractivity contribution < 1.29 is 28.6 Å². The highest BCUT2D eigenvalue weighted by Gasteiger charge is 2.32. The van der Waals surface area contributed by atoms with Crippen LogP contribution in [0, 0.1) is 0 Å². The van der Waals surface area contributed by atoms with Gasteiger partial charge in [-0.3, -0.25) is 9.59 Å². The van der Waals surface area contributed by atoms with E-state index in [4.69, 9.17) is 9.47 Å². The molecule has 0 unspecified atom stereocenters. The van der Waals surface area contributed by atoms with E-state index in [-0.39, 0.29) is 34.2 Å². The third-order valence-electron chi connectivity index (χ3n) is 4.61. The van der Waals surface area contributed by atoms with Crippen LogP contribution in [0.25, 0.3) is 10.8 Å². The third kappa shape index (κ3) is 2.79. The Kier molecular flexibility index (Phi) is 4.31. The van der Waals surface area contributed by atoms with Crippen molar-refractivity contribution in [2.24, 2.45) is 0 Å². The predicted octanol–water partition coefficient (Wildman–Crippen LogP) is 4.16. The summed E-state index contributed by atoms with van der Waals surface area (Å²) >= 11 is 0. The molecule has 28 heavy (non-hydrogen) atoms. The second-order valence-corrected chi connectivity index (χ2v) is 6.24. The van der Waals surface area contributed by atoms with Crippen LogP contribution in [0.5, 0.6) is 11.5 Å². The predicted molar refractivity (Wildman–Crippen MR) is 101 cm³/mol. The van der Waals surface area contributed by atoms with Gasteiger partial charge in [0.1, 0.15) is 0 Å². The van der Waals surface area contributed by atoms with E-state index in [1.54, 1.807) is 19.1 Å². The van der Waals surface area contributed by atoms with Gasteiger partial charge >= 0.3 is 6.16 Å². The summed E-state index contributed by atoms with van der Waals surface area (Å²) in [5.41, 5.74) is 1.05. The molecule has 3 aromatic carbocycles. The number of benzene rings is 3. The SMILES string of the molecule is CCOc1cc2c(cc1OC(=O)OC)C(=O)c1cc3ccccc3cc1C2=O. The van der Waals surface area contributed by atoms with Crippen LogP contribution in [-0.4, -0.2) is 31.4 Å². The Hall–Kier alpha value is -3.67. The van der Waals surface area contributed by atoms with Crippen molar-refractivity contribution in [3.05, 3.63) is 70.8 Å². The minimum absolute atomic E-state index is 0.0258. The minimum Gasteiger partial charge on any atom is -0.490 e. The Morgan fingerprint density at radius 3 is 1.82 bits per heavy atom. The second-order valence-electron chi connectivity index (χ2n) is 6.24. The molecule has 0 N–H and O–H groups in total. The molecule has 0 spiro atoms. The van der Waals surface area contributed by atoms with Crippen LogP contribution in [-0.2, 0) is 4.74 Å². The molecule has 6 nitrogen and oxygen atoms in total. The van der Waals surface area contributed by atoms with Gasteiger partial charge in [0.05, 0.1) is 13.7 Å². The molecule has 6 heteroatoms. The number of methoxy groups -OCH3 is 1. The highest BCUT2D eigenvalue weighted by atomic mass is 16.7. The van der Waals surface area contributed by atoms with Gasteiger partial charge in [0.15, 0.2) is 23.1 Å². The summed E-state index contributed by atoms with van der Waals surface area (Å²) in [5.74, 6) is -0.371. The molecule has 0 saturated carbocycles. The maximum atomic E-state index is 13.1. The summed E-state index contributed by atoms with van der Waals surface area (Å²) in [6, 6.07) is 13.8. The molecular formula is C22H16O6. The molecule has 140 valence electrons. The molecule has 0 heterocycles. The van der Waals surface area contributed by atoms with Crippen molar-refractivity contribution in [2.75, 3.05) is 13.7 Å². The Morgan fingerprint density at radius 1 is 0.821 bits per heavy atom. The normalized spacial score (nSPS) is 12.4. The lowest BCUT2D eigenvalue weighted by molar-refractivity contribution is 0.0977. The van der Waals surface area contributed by atoms with Crippen LogP contribution >= 0.6 is 0 Å². The fraction of sp³-hybridized carbons (Fsp3) is 0.136. The standard InChI is InChI=1S/C22H16O6/c1-3-27-18-10-16-17(11-19(18)28-22(25)26-2)21(24)15-9-13-7-5-4-6-12(13)8-14(15)20(16)23/h4-11H,3H2,1-2H3. The van der Waals surface area contributed by atoms with Gasteiger partial charge in [-0.15, -0.1) is 0 Å². The van der Waals surface area contributed by atoms with E-state index in [0.29, 0.717) is 17.7 Å². The number of hydrogen-bond acceptors (Lipinski definition) is 6. The largest absolute Gasteiger partial charge is 0.513 e. The van der Waals surface area contributed by atoms with Crippen LogP contribution in [0.3, 0.4) is 0 Å².